The predicted molar refractivity (Wildman–Crippen MR) is 132 cm³/mol. The van der Waals surface area contributed by atoms with Crippen molar-refractivity contribution in [3.63, 3.8) is 0 Å². The summed E-state index contributed by atoms with van der Waals surface area (Å²) in [5.74, 6) is 0.0258. The zero-order valence-electron chi connectivity index (χ0n) is 20.3. The van der Waals surface area contributed by atoms with Crippen LogP contribution in [0.25, 0.3) is 0 Å². The lowest BCUT2D eigenvalue weighted by Gasteiger charge is -2.23. The Labute approximate surface area is 204 Å². The molecule has 0 saturated carbocycles. The van der Waals surface area contributed by atoms with Gasteiger partial charge in [0.15, 0.2) is 0 Å². The first kappa shape index (κ1) is 24.5. The maximum absolute atomic E-state index is 13.7. The van der Waals surface area contributed by atoms with Crippen LogP contribution in [0.5, 0.6) is 0 Å². The van der Waals surface area contributed by atoms with E-state index in [1.54, 1.807) is 29.2 Å². The van der Waals surface area contributed by atoms with E-state index in [-0.39, 0.29) is 23.6 Å². The number of halogens is 2. The van der Waals surface area contributed by atoms with Crippen molar-refractivity contribution >= 4 is 17.7 Å². The van der Waals surface area contributed by atoms with Gasteiger partial charge in [0.2, 0.25) is 5.95 Å². The molecule has 1 amide bonds. The number of anilines is 2. The number of nitrogens with one attached hydrogen (secondary N) is 2. The van der Waals surface area contributed by atoms with Gasteiger partial charge in [0.05, 0.1) is 12.6 Å². The highest BCUT2D eigenvalue weighted by Crippen LogP contribution is 2.33. The van der Waals surface area contributed by atoms with Crippen molar-refractivity contribution in [3.05, 3.63) is 82.5 Å². The van der Waals surface area contributed by atoms with Crippen LogP contribution < -0.4 is 10.6 Å². The SMILES string of the molecule is CC(C)N1Cc2c(NC(c3ccc(F)cc3)c3ccc(F)cc3)nc(NCCN(C)C)nc2C1=O. The van der Waals surface area contributed by atoms with Crippen molar-refractivity contribution in [2.24, 2.45) is 0 Å². The molecule has 9 heteroatoms. The molecule has 2 heterocycles. The highest BCUT2D eigenvalue weighted by molar-refractivity contribution is 5.98. The third-order valence-electron chi connectivity index (χ3n) is 5.95. The molecule has 0 fully saturated rings. The van der Waals surface area contributed by atoms with Gasteiger partial charge in [-0.15, -0.1) is 0 Å². The van der Waals surface area contributed by atoms with E-state index in [0.717, 1.165) is 17.7 Å². The van der Waals surface area contributed by atoms with Gasteiger partial charge >= 0.3 is 0 Å². The van der Waals surface area contributed by atoms with Gasteiger partial charge in [-0.3, -0.25) is 4.79 Å². The van der Waals surface area contributed by atoms with Crippen molar-refractivity contribution < 1.29 is 13.6 Å². The molecule has 4 rings (SSSR count). The molecule has 0 radical (unpaired) electrons. The summed E-state index contributed by atoms with van der Waals surface area (Å²) in [7, 11) is 3.94. The molecule has 0 spiro atoms. The summed E-state index contributed by atoms with van der Waals surface area (Å²) in [6.45, 7) is 5.67. The molecule has 2 aromatic carbocycles. The van der Waals surface area contributed by atoms with Gasteiger partial charge in [0, 0.05) is 24.7 Å². The third kappa shape index (κ3) is 5.57. The average molecular weight is 481 g/mol. The molecule has 7 nitrogen and oxygen atoms in total. The number of aromatic nitrogens is 2. The zero-order valence-corrected chi connectivity index (χ0v) is 20.3. The van der Waals surface area contributed by atoms with Gasteiger partial charge < -0.3 is 20.4 Å². The van der Waals surface area contributed by atoms with E-state index in [4.69, 9.17) is 4.98 Å². The van der Waals surface area contributed by atoms with Crippen LogP contribution in [-0.4, -0.2) is 58.9 Å². The third-order valence-corrected chi connectivity index (χ3v) is 5.95. The molecular formula is C26H30F2N6O. The monoisotopic (exact) mass is 480 g/mol. The second-order valence-corrected chi connectivity index (χ2v) is 9.16. The highest BCUT2D eigenvalue weighted by atomic mass is 19.1. The van der Waals surface area contributed by atoms with Crippen molar-refractivity contribution in [2.75, 3.05) is 37.8 Å². The van der Waals surface area contributed by atoms with Crippen molar-refractivity contribution in [3.8, 4) is 0 Å². The summed E-state index contributed by atoms with van der Waals surface area (Å²) >= 11 is 0. The van der Waals surface area contributed by atoms with Crippen LogP contribution in [0, 0.1) is 11.6 Å². The van der Waals surface area contributed by atoms with Gasteiger partial charge in [0.25, 0.3) is 5.91 Å². The van der Waals surface area contributed by atoms with E-state index in [1.165, 1.54) is 24.3 Å². The first-order valence-corrected chi connectivity index (χ1v) is 11.6. The average Bonchev–Trinajstić information content (AvgIpc) is 3.15. The molecule has 2 N–H and O–H groups in total. The molecule has 35 heavy (non-hydrogen) atoms. The molecule has 1 aliphatic rings. The van der Waals surface area contributed by atoms with E-state index >= 15 is 0 Å². The van der Waals surface area contributed by atoms with Gasteiger partial charge in [-0.25, -0.2) is 13.8 Å². The zero-order chi connectivity index (χ0) is 25.1. The maximum Gasteiger partial charge on any atom is 0.273 e. The number of amides is 1. The molecule has 184 valence electrons. The summed E-state index contributed by atoms with van der Waals surface area (Å²) in [5.41, 5.74) is 2.62. The lowest BCUT2D eigenvalue weighted by atomic mass is 9.98. The number of fused-ring (bicyclic) bond motifs is 1. The topological polar surface area (TPSA) is 73.4 Å². The minimum atomic E-state index is -0.451. The van der Waals surface area contributed by atoms with Crippen LogP contribution in [0.1, 0.15) is 47.1 Å². The van der Waals surface area contributed by atoms with E-state index in [1.807, 2.05) is 32.8 Å². The molecule has 0 saturated heterocycles. The molecule has 3 aromatic rings. The highest BCUT2D eigenvalue weighted by Gasteiger charge is 2.35. The fourth-order valence-corrected chi connectivity index (χ4v) is 4.00. The Bertz CT molecular complexity index is 1140. The van der Waals surface area contributed by atoms with Crippen LogP contribution in [0.4, 0.5) is 20.5 Å². The van der Waals surface area contributed by atoms with Crippen LogP contribution in [0.15, 0.2) is 48.5 Å². The Hall–Kier alpha value is -3.59. The number of benzene rings is 2. The molecule has 0 aliphatic carbocycles. The van der Waals surface area contributed by atoms with Gasteiger partial charge in [-0.05, 0) is 63.3 Å². The summed E-state index contributed by atoms with van der Waals surface area (Å²) < 4.78 is 27.3. The Morgan fingerprint density at radius 2 is 1.54 bits per heavy atom. The first-order valence-electron chi connectivity index (χ1n) is 11.6. The molecular weight excluding hydrogens is 450 g/mol. The number of hydrogen-bond acceptors (Lipinski definition) is 6. The first-order chi connectivity index (χ1) is 16.7. The van der Waals surface area contributed by atoms with Crippen LogP contribution in [0.3, 0.4) is 0 Å². The van der Waals surface area contributed by atoms with Gasteiger partial charge in [-0.2, -0.15) is 4.98 Å². The number of rotatable bonds is 9. The standard InChI is InChI=1S/C26H30F2N6O/c1-16(2)34-15-21-23(25(34)35)31-26(29-13-14-33(3)4)32-24(21)30-22(17-5-9-19(27)10-6-17)18-7-11-20(28)12-8-18/h5-12,16,22H,13-15H2,1-4H3,(H2,29,30,31,32). The smallest absolute Gasteiger partial charge is 0.273 e. The van der Waals surface area contributed by atoms with E-state index in [0.29, 0.717) is 36.1 Å². The summed E-state index contributed by atoms with van der Waals surface area (Å²) in [5, 5.41) is 6.65. The van der Waals surface area contributed by atoms with E-state index in [2.05, 4.69) is 15.6 Å². The van der Waals surface area contributed by atoms with Crippen LogP contribution in [-0.2, 0) is 6.54 Å². The Kier molecular flexibility index (Phi) is 7.25. The minimum Gasteiger partial charge on any atom is -0.359 e. The Morgan fingerprint density at radius 1 is 0.971 bits per heavy atom. The largest absolute Gasteiger partial charge is 0.359 e. The second kappa shape index (κ2) is 10.4. The second-order valence-electron chi connectivity index (χ2n) is 9.16. The lowest BCUT2D eigenvalue weighted by molar-refractivity contribution is 0.0726. The lowest BCUT2D eigenvalue weighted by Crippen LogP contribution is -2.31. The Balaban J connectivity index is 1.76. The summed E-state index contributed by atoms with van der Waals surface area (Å²) in [4.78, 5) is 26.1. The van der Waals surface area contributed by atoms with E-state index in [9.17, 15) is 13.6 Å². The quantitative estimate of drug-likeness (QED) is 0.476. The number of hydrogen-bond donors (Lipinski definition) is 2. The Morgan fingerprint density at radius 3 is 2.06 bits per heavy atom. The minimum absolute atomic E-state index is 0.000283. The molecule has 0 unspecified atom stereocenters. The summed E-state index contributed by atoms with van der Waals surface area (Å²) in [6, 6.07) is 11.8. The van der Waals surface area contributed by atoms with Gasteiger partial charge in [-0.1, -0.05) is 24.3 Å². The van der Waals surface area contributed by atoms with Crippen LogP contribution >= 0.6 is 0 Å². The molecule has 0 atom stereocenters. The predicted octanol–water partition coefficient (Wildman–Crippen LogP) is 4.29. The number of nitrogens with zero attached hydrogens (tertiary/aromatic N) is 4. The fourth-order valence-electron chi connectivity index (χ4n) is 4.00. The number of carbonyl (C=O) groups is 1. The van der Waals surface area contributed by atoms with Crippen LogP contribution in [0.2, 0.25) is 0 Å². The molecule has 1 aromatic heterocycles. The molecule has 0 bridgehead atoms. The fraction of sp³-hybridized carbons (Fsp3) is 0.346. The normalized spacial score (nSPS) is 13.2. The van der Waals surface area contributed by atoms with Crippen molar-refractivity contribution in [1.82, 2.24) is 19.8 Å². The van der Waals surface area contributed by atoms with E-state index < -0.39 is 6.04 Å². The van der Waals surface area contributed by atoms with Crippen molar-refractivity contribution in [2.45, 2.75) is 32.5 Å². The molecule has 1 aliphatic heterocycles. The number of carbonyl (C=O) groups excluding carboxylic acids is 1. The van der Waals surface area contributed by atoms with Crippen molar-refractivity contribution in [1.29, 1.82) is 0 Å². The summed E-state index contributed by atoms with van der Waals surface area (Å²) in [6.07, 6.45) is 0. The van der Waals surface area contributed by atoms with Gasteiger partial charge in [0.1, 0.15) is 23.1 Å². The number of likely N-dealkylation sites (N-methyl/N-ethyl adjacent to an activating group) is 1. The maximum atomic E-state index is 13.7.